The lowest BCUT2D eigenvalue weighted by atomic mass is 10.0. The minimum absolute atomic E-state index is 0.0656. The Morgan fingerprint density at radius 3 is 1.55 bits per heavy atom. The standard InChI is InChI=1S/C18H19NO/c1-6-10-12-14-16(8-3)19(5)17(9-4)15(18(14)20)13-11-7-2/h6-13H,1-4H2,5H3/b12-10-,13-11-. The summed E-state index contributed by atoms with van der Waals surface area (Å²) in [6.07, 6.45) is 13.5. The van der Waals surface area contributed by atoms with Gasteiger partial charge < -0.3 is 4.57 Å². The van der Waals surface area contributed by atoms with Gasteiger partial charge in [0.2, 0.25) is 0 Å². The number of nitrogens with zero attached hydrogens (tertiary/aromatic N) is 1. The lowest BCUT2D eigenvalue weighted by Crippen LogP contribution is -2.19. The Hall–Kier alpha value is -2.61. The van der Waals surface area contributed by atoms with E-state index in [9.17, 15) is 4.79 Å². The Labute approximate surface area is 120 Å². The Kier molecular flexibility index (Phi) is 5.48. The molecule has 0 radical (unpaired) electrons. The van der Waals surface area contributed by atoms with Crippen molar-refractivity contribution in [2.75, 3.05) is 0 Å². The minimum atomic E-state index is -0.0656. The second-order valence-electron chi connectivity index (χ2n) is 4.08. The van der Waals surface area contributed by atoms with Crippen LogP contribution in [0, 0.1) is 0 Å². The SMILES string of the molecule is C=C/C=C\c1c(C=C)n(C)c(C=C)c(/C=C\C=C)c1=O. The third-order valence-electron chi connectivity index (χ3n) is 2.95. The fourth-order valence-corrected chi connectivity index (χ4v) is 2.01. The number of hydrogen-bond acceptors (Lipinski definition) is 1. The monoisotopic (exact) mass is 265 g/mol. The molecule has 0 N–H and O–H groups in total. The molecule has 0 fully saturated rings. The van der Waals surface area contributed by atoms with Crippen molar-refractivity contribution in [1.29, 1.82) is 0 Å². The number of hydrogen-bond donors (Lipinski definition) is 0. The highest BCUT2D eigenvalue weighted by atomic mass is 16.1. The van der Waals surface area contributed by atoms with Gasteiger partial charge in [0.05, 0.1) is 11.4 Å². The molecule has 0 atom stereocenters. The summed E-state index contributed by atoms with van der Waals surface area (Å²) in [6, 6.07) is 0. The first-order chi connectivity index (χ1) is 9.62. The largest absolute Gasteiger partial charge is 0.343 e. The van der Waals surface area contributed by atoms with Gasteiger partial charge in [0.15, 0.2) is 5.43 Å². The summed E-state index contributed by atoms with van der Waals surface area (Å²) in [5.74, 6) is 0. The summed E-state index contributed by atoms with van der Waals surface area (Å²) in [6.45, 7) is 14.8. The third-order valence-corrected chi connectivity index (χ3v) is 2.95. The van der Waals surface area contributed by atoms with E-state index in [1.54, 1.807) is 48.6 Å². The van der Waals surface area contributed by atoms with Gasteiger partial charge in [-0.25, -0.2) is 0 Å². The first-order valence-corrected chi connectivity index (χ1v) is 6.22. The molecule has 1 aromatic heterocycles. The van der Waals surface area contributed by atoms with Crippen LogP contribution in [0.3, 0.4) is 0 Å². The highest BCUT2D eigenvalue weighted by molar-refractivity contribution is 5.71. The fourth-order valence-electron chi connectivity index (χ4n) is 2.01. The molecule has 0 aliphatic heterocycles. The van der Waals surface area contributed by atoms with Crippen LogP contribution in [0.5, 0.6) is 0 Å². The van der Waals surface area contributed by atoms with E-state index < -0.39 is 0 Å². The summed E-state index contributed by atoms with van der Waals surface area (Å²) >= 11 is 0. The fraction of sp³-hybridized carbons (Fsp3) is 0.0556. The van der Waals surface area contributed by atoms with Gasteiger partial charge in [-0.3, -0.25) is 4.79 Å². The summed E-state index contributed by atoms with van der Waals surface area (Å²) in [4.78, 5) is 12.6. The molecule has 1 heterocycles. The van der Waals surface area contributed by atoms with E-state index in [1.807, 2.05) is 11.6 Å². The Morgan fingerprint density at radius 1 is 0.850 bits per heavy atom. The van der Waals surface area contributed by atoms with Crippen LogP contribution in [0.25, 0.3) is 24.3 Å². The molecule has 0 unspecified atom stereocenters. The molecule has 1 rings (SSSR count). The summed E-state index contributed by atoms with van der Waals surface area (Å²) in [5.41, 5.74) is 2.59. The zero-order valence-electron chi connectivity index (χ0n) is 11.8. The molecule has 0 saturated carbocycles. The predicted molar refractivity (Wildman–Crippen MR) is 90.3 cm³/mol. The van der Waals surface area contributed by atoms with E-state index >= 15 is 0 Å². The normalized spacial score (nSPS) is 10.8. The summed E-state index contributed by atoms with van der Waals surface area (Å²) < 4.78 is 1.90. The van der Waals surface area contributed by atoms with E-state index in [4.69, 9.17) is 0 Å². The molecule has 1 aromatic rings. The van der Waals surface area contributed by atoms with Crippen LogP contribution < -0.4 is 5.43 Å². The maximum absolute atomic E-state index is 12.6. The molecule has 2 nitrogen and oxygen atoms in total. The molecule has 0 bridgehead atoms. The van der Waals surface area contributed by atoms with Gasteiger partial charge in [0.1, 0.15) is 0 Å². The number of rotatable bonds is 6. The number of allylic oxidation sites excluding steroid dienone is 4. The molecule has 0 spiro atoms. The highest BCUT2D eigenvalue weighted by Gasteiger charge is 2.13. The maximum Gasteiger partial charge on any atom is 0.197 e. The predicted octanol–water partition coefficient (Wildman–Crippen LogP) is 4.07. The van der Waals surface area contributed by atoms with E-state index in [0.29, 0.717) is 11.1 Å². The molecule has 0 saturated heterocycles. The van der Waals surface area contributed by atoms with Crippen molar-refractivity contribution in [2.45, 2.75) is 0 Å². The molecular weight excluding hydrogens is 246 g/mol. The van der Waals surface area contributed by atoms with Crippen molar-refractivity contribution < 1.29 is 0 Å². The zero-order chi connectivity index (χ0) is 15.1. The van der Waals surface area contributed by atoms with Gasteiger partial charge >= 0.3 is 0 Å². The van der Waals surface area contributed by atoms with Gasteiger partial charge in [-0.2, -0.15) is 0 Å². The van der Waals surface area contributed by atoms with Crippen LogP contribution in [0.4, 0.5) is 0 Å². The molecule has 102 valence electrons. The van der Waals surface area contributed by atoms with E-state index in [1.165, 1.54) is 0 Å². The summed E-state index contributed by atoms with van der Waals surface area (Å²) in [5, 5.41) is 0. The van der Waals surface area contributed by atoms with Crippen molar-refractivity contribution in [3.8, 4) is 0 Å². The zero-order valence-corrected chi connectivity index (χ0v) is 11.8. The van der Waals surface area contributed by atoms with Crippen molar-refractivity contribution in [3.63, 3.8) is 0 Å². The van der Waals surface area contributed by atoms with E-state index in [2.05, 4.69) is 26.3 Å². The molecule has 0 aliphatic rings. The van der Waals surface area contributed by atoms with Crippen LogP contribution in [0.2, 0.25) is 0 Å². The molecule has 0 aromatic carbocycles. The van der Waals surface area contributed by atoms with Crippen molar-refractivity contribution in [3.05, 3.63) is 83.4 Å². The first kappa shape index (κ1) is 15.4. The second kappa shape index (κ2) is 7.10. The molecule has 20 heavy (non-hydrogen) atoms. The van der Waals surface area contributed by atoms with Crippen LogP contribution in [0.1, 0.15) is 22.5 Å². The molecular formula is C18H19NO. The van der Waals surface area contributed by atoms with Gasteiger partial charge in [-0.15, -0.1) is 0 Å². The minimum Gasteiger partial charge on any atom is -0.343 e. The van der Waals surface area contributed by atoms with Crippen LogP contribution in [0.15, 0.2) is 55.4 Å². The van der Waals surface area contributed by atoms with Crippen LogP contribution in [-0.4, -0.2) is 4.57 Å². The van der Waals surface area contributed by atoms with Crippen LogP contribution >= 0.6 is 0 Å². The Bertz CT molecular complexity index is 615. The van der Waals surface area contributed by atoms with Crippen molar-refractivity contribution in [1.82, 2.24) is 4.57 Å². The topological polar surface area (TPSA) is 22.0 Å². The van der Waals surface area contributed by atoms with Crippen LogP contribution in [-0.2, 0) is 7.05 Å². The Balaban J connectivity index is 3.85. The lowest BCUT2D eigenvalue weighted by Gasteiger charge is -2.15. The number of aromatic nitrogens is 1. The van der Waals surface area contributed by atoms with E-state index in [0.717, 1.165) is 11.4 Å². The lowest BCUT2D eigenvalue weighted by molar-refractivity contribution is 0.868. The average molecular weight is 265 g/mol. The van der Waals surface area contributed by atoms with Gasteiger partial charge in [-0.05, 0) is 24.3 Å². The van der Waals surface area contributed by atoms with Crippen molar-refractivity contribution >= 4 is 24.3 Å². The van der Waals surface area contributed by atoms with Gasteiger partial charge in [0, 0.05) is 18.2 Å². The van der Waals surface area contributed by atoms with Gasteiger partial charge in [0.25, 0.3) is 0 Å². The van der Waals surface area contributed by atoms with Gasteiger partial charge in [-0.1, -0.05) is 50.6 Å². The first-order valence-electron chi connectivity index (χ1n) is 6.22. The average Bonchev–Trinajstić information content (AvgIpc) is 2.45. The second-order valence-corrected chi connectivity index (χ2v) is 4.08. The molecule has 0 amide bonds. The highest BCUT2D eigenvalue weighted by Crippen LogP contribution is 2.17. The smallest absolute Gasteiger partial charge is 0.197 e. The quantitative estimate of drug-likeness (QED) is 0.711. The summed E-state index contributed by atoms with van der Waals surface area (Å²) in [7, 11) is 1.88. The van der Waals surface area contributed by atoms with E-state index in [-0.39, 0.29) is 5.43 Å². The number of pyridine rings is 1. The molecule has 2 heteroatoms. The maximum atomic E-state index is 12.6. The Morgan fingerprint density at radius 2 is 1.25 bits per heavy atom. The molecule has 0 aliphatic carbocycles. The third kappa shape index (κ3) is 2.86. The van der Waals surface area contributed by atoms with Crippen molar-refractivity contribution in [2.24, 2.45) is 7.05 Å².